The van der Waals surface area contributed by atoms with Gasteiger partial charge in [0.1, 0.15) is 0 Å². The molecule has 2 aliphatic rings. The topological polar surface area (TPSA) is 111 Å². The van der Waals surface area contributed by atoms with Gasteiger partial charge in [0.2, 0.25) is 5.88 Å². The molecule has 1 aromatic heterocycles. The van der Waals surface area contributed by atoms with Crippen molar-refractivity contribution >= 4 is 17.8 Å². The maximum Gasteiger partial charge on any atom is 0.333 e. The van der Waals surface area contributed by atoms with Crippen molar-refractivity contribution in [2.75, 3.05) is 14.1 Å². The van der Waals surface area contributed by atoms with E-state index in [0.29, 0.717) is 5.56 Å². The third-order valence-electron chi connectivity index (χ3n) is 5.55. The Labute approximate surface area is 164 Å². The molecule has 4 rings (SSSR count). The van der Waals surface area contributed by atoms with Crippen LogP contribution in [-0.2, 0) is 23.7 Å². The molecule has 1 saturated heterocycles. The van der Waals surface area contributed by atoms with E-state index in [1.54, 1.807) is 30.3 Å². The van der Waals surface area contributed by atoms with Gasteiger partial charge in [-0.25, -0.2) is 9.59 Å². The van der Waals surface area contributed by atoms with Crippen molar-refractivity contribution < 1.29 is 19.1 Å². The van der Waals surface area contributed by atoms with E-state index in [0.717, 1.165) is 18.9 Å². The second kappa shape index (κ2) is 5.90. The fourth-order valence-corrected chi connectivity index (χ4v) is 4.01. The van der Waals surface area contributed by atoms with Gasteiger partial charge >= 0.3 is 11.7 Å². The first-order valence-electron chi connectivity index (χ1n) is 8.78. The molecule has 1 aromatic carbocycles. The quantitative estimate of drug-likeness (QED) is 0.593. The van der Waals surface area contributed by atoms with E-state index in [2.05, 4.69) is 0 Å². The monoisotopic (exact) mass is 398 g/mol. The zero-order valence-corrected chi connectivity index (χ0v) is 16.2. The SMILES string of the molecule is CN1C(=O)N(C)C(=O)C2(Oc3c(c(=O)n(C)c(=O)n3C)C2c2ccccc2)C1=O. The van der Waals surface area contributed by atoms with Gasteiger partial charge in [0.05, 0.1) is 11.5 Å². The number of carbonyl (C=O) groups is 3. The minimum Gasteiger partial charge on any atom is -0.450 e. The summed E-state index contributed by atoms with van der Waals surface area (Å²) in [6, 6.07) is 7.66. The largest absolute Gasteiger partial charge is 0.450 e. The van der Waals surface area contributed by atoms with Crippen molar-refractivity contribution in [1.29, 1.82) is 0 Å². The normalized spacial score (nSPS) is 20.3. The number of hydrogen-bond donors (Lipinski definition) is 0. The van der Waals surface area contributed by atoms with Gasteiger partial charge in [-0.2, -0.15) is 0 Å². The van der Waals surface area contributed by atoms with Crippen LogP contribution in [0.3, 0.4) is 0 Å². The second-order valence-corrected chi connectivity index (χ2v) is 7.12. The van der Waals surface area contributed by atoms with Crippen molar-refractivity contribution in [3.05, 3.63) is 62.3 Å². The van der Waals surface area contributed by atoms with E-state index in [1.807, 2.05) is 0 Å². The first-order valence-corrected chi connectivity index (χ1v) is 8.78. The lowest BCUT2D eigenvalue weighted by atomic mass is 9.77. The number of urea groups is 1. The molecule has 0 aliphatic carbocycles. The van der Waals surface area contributed by atoms with E-state index in [1.165, 1.54) is 28.2 Å². The molecule has 150 valence electrons. The van der Waals surface area contributed by atoms with Gasteiger partial charge in [-0.3, -0.25) is 33.3 Å². The summed E-state index contributed by atoms with van der Waals surface area (Å²) in [7, 11) is 5.17. The Hall–Kier alpha value is -3.69. The van der Waals surface area contributed by atoms with Crippen LogP contribution in [0.1, 0.15) is 17.0 Å². The first kappa shape index (κ1) is 18.7. The fourth-order valence-electron chi connectivity index (χ4n) is 4.01. The zero-order valence-electron chi connectivity index (χ0n) is 16.2. The lowest BCUT2D eigenvalue weighted by Gasteiger charge is -2.41. The number of amides is 4. The molecule has 29 heavy (non-hydrogen) atoms. The average Bonchev–Trinajstić information content (AvgIpc) is 3.10. The number of fused-ring (bicyclic) bond motifs is 1. The van der Waals surface area contributed by atoms with Crippen LogP contribution in [0.25, 0.3) is 0 Å². The van der Waals surface area contributed by atoms with Crippen molar-refractivity contribution in [1.82, 2.24) is 18.9 Å². The summed E-state index contributed by atoms with van der Waals surface area (Å²) in [6.45, 7) is 0. The fraction of sp³-hybridized carbons (Fsp3) is 0.316. The Morgan fingerprint density at radius 1 is 0.828 bits per heavy atom. The number of barbiturate groups is 1. The highest BCUT2D eigenvalue weighted by atomic mass is 16.5. The van der Waals surface area contributed by atoms with Crippen LogP contribution in [0.2, 0.25) is 0 Å². The molecule has 0 saturated carbocycles. The van der Waals surface area contributed by atoms with Crippen LogP contribution in [0.15, 0.2) is 39.9 Å². The van der Waals surface area contributed by atoms with E-state index in [9.17, 15) is 24.0 Å². The predicted octanol–water partition coefficient (Wildman–Crippen LogP) is -0.602. The van der Waals surface area contributed by atoms with Crippen LogP contribution in [0.4, 0.5) is 4.79 Å². The van der Waals surface area contributed by atoms with Crippen molar-refractivity contribution in [2.24, 2.45) is 14.1 Å². The molecule has 1 fully saturated rings. The number of hydrogen-bond acceptors (Lipinski definition) is 6. The van der Waals surface area contributed by atoms with Crippen LogP contribution < -0.4 is 16.0 Å². The molecular weight excluding hydrogens is 380 g/mol. The van der Waals surface area contributed by atoms with E-state index in [4.69, 9.17) is 4.74 Å². The molecule has 2 aliphatic heterocycles. The smallest absolute Gasteiger partial charge is 0.333 e. The molecule has 0 N–H and O–H groups in total. The van der Waals surface area contributed by atoms with Gasteiger partial charge in [-0.05, 0) is 5.56 Å². The number of likely N-dealkylation sites (N-methyl/N-ethyl adjacent to an activating group) is 2. The van der Waals surface area contributed by atoms with Crippen LogP contribution >= 0.6 is 0 Å². The van der Waals surface area contributed by atoms with Crippen molar-refractivity contribution in [3.63, 3.8) is 0 Å². The molecule has 2 aromatic rings. The van der Waals surface area contributed by atoms with Crippen LogP contribution in [0, 0.1) is 0 Å². The van der Waals surface area contributed by atoms with Gasteiger partial charge in [0, 0.05) is 28.2 Å². The third-order valence-corrected chi connectivity index (χ3v) is 5.55. The first-order chi connectivity index (χ1) is 13.6. The highest BCUT2D eigenvalue weighted by Gasteiger charge is 2.67. The summed E-state index contributed by atoms with van der Waals surface area (Å²) >= 11 is 0. The lowest BCUT2D eigenvalue weighted by molar-refractivity contribution is -0.164. The number of ether oxygens (including phenoxy) is 1. The van der Waals surface area contributed by atoms with Gasteiger partial charge in [0.15, 0.2) is 0 Å². The predicted molar refractivity (Wildman–Crippen MR) is 99.5 cm³/mol. The van der Waals surface area contributed by atoms with Crippen LogP contribution in [0.5, 0.6) is 5.88 Å². The molecule has 1 atom stereocenters. The van der Waals surface area contributed by atoms with Gasteiger partial charge in [-0.1, -0.05) is 30.3 Å². The molecule has 3 heterocycles. The highest BCUT2D eigenvalue weighted by Crippen LogP contribution is 2.49. The Balaban J connectivity index is 2.12. The Kier molecular flexibility index (Phi) is 3.80. The molecule has 0 radical (unpaired) electrons. The molecular formula is C19H18N4O6. The van der Waals surface area contributed by atoms with Crippen LogP contribution in [-0.4, -0.2) is 56.5 Å². The number of imide groups is 2. The van der Waals surface area contributed by atoms with Gasteiger partial charge < -0.3 is 4.74 Å². The number of nitrogens with zero attached hydrogens (tertiary/aromatic N) is 4. The van der Waals surface area contributed by atoms with Crippen molar-refractivity contribution in [2.45, 2.75) is 11.5 Å². The summed E-state index contributed by atoms with van der Waals surface area (Å²) in [5.41, 5.74) is -3.06. The van der Waals surface area contributed by atoms with E-state index in [-0.39, 0.29) is 11.4 Å². The molecule has 0 bridgehead atoms. The average molecular weight is 398 g/mol. The summed E-state index contributed by atoms with van der Waals surface area (Å²) in [5, 5.41) is 0. The standard InChI is InChI=1S/C19H18N4O6/c1-20-13(24)11-12(10-8-6-5-7-9-10)19(29-14(11)21(2)17(20)27)15(25)22(3)18(28)23(4)16(19)26/h5-9,12H,1-4H3. The second-order valence-electron chi connectivity index (χ2n) is 7.12. The molecule has 4 amide bonds. The minimum absolute atomic E-state index is 0.0126. The number of rotatable bonds is 1. The van der Waals surface area contributed by atoms with Gasteiger partial charge in [-0.15, -0.1) is 0 Å². The van der Waals surface area contributed by atoms with E-state index < -0.39 is 40.6 Å². The Morgan fingerprint density at radius 2 is 1.38 bits per heavy atom. The zero-order chi connectivity index (χ0) is 21.2. The molecule has 10 heteroatoms. The summed E-state index contributed by atoms with van der Waals surface area (Å²) < 4.78 is 7.86. The number of benzene rings is 1. The highest BCUT2D eigenvalue weighted by molar-refractivity contribution is 6.22. The molecule has 1 unspecified atom stereocenters. The Morgan fingerprint density at radius 3 is 1.93 bits per heavy atom. The maximum atomic E-state index is 13.3. The summed E-state index contributed by atoms with van der Waals surface area (Å²) in [4.78, 5) is 65.9. The number of carbonyl (C=O) groups excluding carboxylic acids is 3. The summed E-state index contributed by atoms with van der Waals surface area (Å²) in [5.74, 6) is -3.10. The number of aromatic nitrogens is 2. The molecule has 1 spiro atoms. The molecule has 10 nitrogen and oxygen atoms in total. The minimum atomic E-state index is -2.21. The van der Waals surface area contributed by atoms with Crippen molar-refractivity contribution in [3.8, 4) is 5.88 Å². The van der Waals surface area contributed by atoms with Gasteiger partial charge in [0.25, 0.3) is 23.0 Å². The van der Waals surface area contributed by atoms with E-state index >= 15 is 0 Å². The Bertz CT molecular complexity index is 1170. The maximum absolute atomic E-state index is 13.3. The summed E-state index contributed by atoms with van der Waals surface area (Å²) in [6.07, 6.45) is 0. The lowest BCUT2D eigenvalue weighted by Crippen LogP contribution is -2.70. The third kappa shape index (κ3) is 2.13.